The van der Waals surface area contributed by atoms with Crippen LogP contribution in [0.2, 0.25) is 0 Å². The summed E-state index contributed by atoms with van der Waals surface area (Å²) in [5.74, 6) is 0.934. The van der Waals surface area contributed by atoms with E-state index in [4.69, 9.17) is 0 Å². The Kier molecular flexibility index (Phi) is 6.18. The van der Waals surface area contributed by atoms with E-state index in [1.807, 2.05) is 0 Å². The van der Waals surface area contributed by atoms with Gasteiger partial charge in [0.15, 0.2) is 0 Å². The average Bonchev–Trinajstić information content (AvgIpc) is 2.69. The lowest BCUT2D eigenvalue weighted by Gasteiger charge is -2.58. The first-order chi connectivity index (χ1) is 12.1. The minimum Gasteiger partial charge on any atom is -0.198 e. The van der Waals surface area contributed by atoms with Crippen LogP contribution >= 0.6 is 0 Å². The highest BCUT2D eigenvalue weighted by molar-refractivity contribution is 5.07. The second kappa shape index (κ2) is 8.02. The van der Waals surface area contributed by atoms with Gasteiger partial charge in [-0.15, -0.1) is 0 Å². The Labute approximate surface area is 157 Å². The summed E-state index contributed by atoms with van der Waals surface area (Å²) in [4.78, 5) is 0. The molecule has 1 nitrogen and oxygen atoms in total. The Hall–Kier alpha value is -0.510. The lowest BCUT2D eigenvalue weighted by atomic mass is 9.47. The molecule has 0 spiro atoms. The number of nitrogens with zero attached hydrogens (tertiary/aromatic N) is 1. The fourth-order valence-corrected chi connectivity index (χ4v) is 6.70. The zero-order chi connectivity index (χ0) is 17.8. The zero-order valence-corrected chi connectivity index (χ0v) is 17.0. The van der Waals surface area contributed by atoms with E-state index < -0.39 is 0 Å². The van der Waals surface area contributed by atoms with Gasteiger partial charge in [-0.05, 0) is 87.4 Å². The molecule has 0 unspecified atom stereocenters. The van der Waals surface area contributed by atoms with E-state index in [-0.39, 0.29) is 5.41 Å². The maximum Gasteiger partial charge on any atom is 0.0689 e. The van der Waals surface area contributed by atoms with Crippen molar-refractivity contribution in [3.8, 4) is 6.07 Å². The van der Waals surface area contributed by atoms with Gasteiger partial charge in [-0.2, -0.15) is 5.26 Å². The Morgan fingerprint density at radius 3 is 1.92 bits per heavy atom. The average molecular weight is 344 g/mol. The van der Waals surface area contributed by atoms with Crippen LogP contribution in [-0.2, 0) is 0 Å². The van der Waals surface area contributed by atoms with Crippen LogP contribution in [0.15, 0.2) is 0 Å². The van der Waals surface area contributed by atoms with Crippen LogP contribution in [-0.4, -0.2) is 0 Å². The predicted octanol–water partition coefficient (Wildman–Crippen LogP) is 7.80. The third-order valence-corrected chi connectivity index (χ3v) is 9.01. The maximum absolute atomic E-state index is 9.89. The molecule has 142 valence electrons. The van der Waals surface area contributed by atoms with Crippen molar-refractivity contribution in [2.45, 2.75) is 123 Å². The van der Waals surface area contributed by atoms with Gasteiger partial charge < -0.3 is 0 Å². The summed E-state index contributed by atoms with van der Waals surface area (Å²) in [6.45, 7) is 4.69. The highest BCUT2D eigenvalue weighted by Crippen LogP contribution is 2.63. The van der Waals surface area contributed by atoms with Crippen LogP contribution in [0.3, 0.4) is 0 Å². The molecule has 0 amide bonds. The summed E-state index contributed by atoms with van der Waals surface area (Å²) in [7, 11) is 0. The van der Waals surface area contributed by atoms with Crippen molar-refractivity contribution in [3.05, 3.63) is 0 Å². The van der Waals surface area contributed by atoms with Crippen molar-refractivity contribution in [2.24, 2.45) is 22.2 Å². The van der Waals surface area contributed by atoms with Gasteiger partial charge >= 0.3 is 0 Å². The molecule has 4 rings (SSSR count). The fourth-order valence-electron chi connectivity index (χ4n) is 6.70. The van der Waals surface area contributed by atoms with Gasteiger partial charge in [0.1, 0.15) is 0 Å². The smallest absolute Gasteiger partial charge is 0.0689 e. The number of rotatable bonds is 8. The summed E-state index contributed by atoms with van der Waals surface area (Å²) < 4.78 is 0. The quantitative estimate of drug-likeness (QED) is 0.412. The second-order valence-electron chi connectivity index (χ2n) is 10.0. The molecule has 2 bridgehead atoms. The van der Waals surface area contributed by atoms with Crippen LogP contribution in [0, 0.1) is 33.5 Å². The first-order valence-corrected chi connectivity index (χ1v) is 11.5. The Balaban J connectivity index is 1.50. The van der Waals surface area contributed by atoms with Gasteiger partial charge in [-0.25, -0.2) is 0 Å². The molecule has 4 saturated carbocycles. The molecule has 0 heterocycles. The SMILES string of the molecule is CCCCCCCC1(C#N)CCC(C23CCC(CC)(CC2)CC3)CC1. The molecule has 0 aromatic carbocycles. The van der Waals surface area contributed by atoms with Gasteiger partial charge in [-0.1, -0.05) is 52.4 Å². The molecule has 0 aromatic rings. The molecule has 4 aliphatic rings. The lowest BCUT2D eigenvalue weighted by molar-refractivity contribution is -0.0664. The van der Waals surface area contributed by atoms with Gasteiger partial charge in [0, 0.05) is 0 Å². The highest BCUT2D eigenvalue weighted by Gasteiger charge is 2.52. The Bertz CT molecular complexity index is 438. The van der Waals surface area contributed by atoms with E-state index in [1.165, 1.54) is 109 Å². The highest BCUT2D eigenvalue weighted by atomic mass is 14.6. The molecule has 0 radical (unpaired) electrons. The number of fused-ring (bicyclic) bond motifs is 3. The van der Waals surface area contributed by atoms with E-state index in [2.05, 4.69) is 19.9 Å². The summed E-state index contributed by atoms with van der Waals surface area (Å²) in [6.07, 6.45) is 23.3. The van der Waals surface area contributed by atoms with Crippen molar-refractivity contribution >= 4 is 0 Å². The molecule has 0 aliphatic heterocycles. The molecule has 4 fully saturated rings. The third-order valence-electron chi connectivity index (χ3n) is 9.01. The second-order valence-corrected chi connectivity index (χ2v) is 10.0. The van der Waals surface area contributed by atoms with Crippen molar-refractivity contribution in [3.63, 3.8) is 0 Å². The minimum atomic E-state index is 0.0376. The fraction of sp³-hybridized carbons (Fsp3) is 0.958. The van der Waals surface area contributed by atoms with Crippen molar-refractivity contribution in [1.29, 1.82) is 5.26 Å². The molecule has 1 heteroatoms. The zero-order valence-electron chi connectivity index (χ0n) is 17.0. The lowest BCUT2D eigenvalue weighted by Crippen LogP contribution is -2.46. The molecule has 0 N–H and O–H groups in total. The first-order valence-electron chi connectivity index (χ1n) is 11.5. The molecule has 4 aliphatic carbocycles. The summed E-state index contributed by atoms with van der Waals surface area (Å²) in [5, 5.41) is 9.89. The third kappa shape index (κ3) is 3.94. The summed E-state index contributed by atoms with van der Waals surface area (Å²) in [6, 6.07) is 2.79. The van der Waals surface area contributed by atoms with Gasteiger partial charge in [0.2, 0.25) is 0 Å². The minimum absolute atomic E-state index is 0.0376. The van der Waals surface area contributed by atoms with Crippen LogP contribution in [0.5, 0.6) is 0 Å². The van der Waals surface area contributed by atoms with Gasteiger partial charge in [0.05, 0.1) is 11.5 Å². The van der Waals surface area contributed by atoms with E-state index in [9.17, 15) is 5.26 Å². The standard InChI is InChI=1S/C24H41N/c1-3-5-6-7-8-11-23(20-25)12-9-21(10-13-23)24-17-14-22(4-2,15-18-24)16-19-24/h21H,3-19H2,1-2H3. The Morgan fingerprint density at radius 2 is 1.40 bits per heavy atom. The number of hydrogen-bond acceptors (Lipinski definition) is 1. The molecular formula is C24H41N. The van der Waals surface area contributed by atoms with Gasteiger partial charge in [-0.3, -0.25) is 0 Å². The molecule has 0 saturated heterocycles. The van der Waals surface area contributed by atoms with Crippen molar-refractivity contribution in [2.75, 3.05) is 0 Å². The van der Waals surface area contributed by atoms with Crippen LogP contribution < -0.4 is 0 Å². The van der Waals surface area contributed by atoms with E-state index in [1.54, 1.807) is 0 Å². The summed E-state index contributed by atoms with van der Waals surface area (Å²) >= 11 is 0. The van der Waals surface area contributed by atoms with Crippen LogP contribution in [0.25, 0.3) is 0 Å². The van der Waals surface area contributed by atoms with E-state index in [0.29, 0.717) is 5.41 Å². The van der Waals surface area contributed by atoms with Crippen LogP contribution in [0.4, 0.5) is 0 Å². The number of nitriles is 1. The van der Waals surface area contributed by atoms with Gasteiger partial charge in [0.25, 0.3) is 0 Å². The number of hydrogen-bond donors (Lipinski definition) is 0. The van der Waals surface area contributed by atoms with Crippen LogP contribution in [0.1, 0.15) is 123 Å². The normalized spacial score (nSPS) is 40.8. The molecule has 0 aromatic heterocycles. The monoisotopic (exact) mass is 343 g/mol. The first kappa shape index (κ1) is 19.3. The van der Waals surface area contributed by atoms with Crippen molar-refractivity contribution < 1.29 is 0 Å². The topological polar surface area (TPSA) is 23.8 Å². The summed E-state index contributed by atoms with van der Waals surface area (Å²) in [5.41, 5.74) is 1.45. The van der Waals surface area contributed by atoms with E-state index in [0.717, 1.165) is 11.3 Å². The Morgan fingerprint density at radius 1 is 0.800 bits per heavy atom. The van der Waals surface area contributed by atoms with Crippen molar-refractivity contribution in [1.82, 2.24) is 0 Å². The molecule has 0 atom stereocenters. The maximum atomic E-state index is 9.89. The molecule has 25 heavy (non-hydrogen) atoms. The molecular weight excluding hydrogens is 302 g/mol. The predicted molar refractivity (Wildman–Crippen MR) is 106 cm³/mol. The number of unbranched alkanes of at least 4 members (excludes halogenated alkanes) is 4. The largest absolute Gasteiger partial charge is 0.198 e. The van der Waals surface area contributed by atoms with E-state index >= 15 is 0 Å².